The van der Waals surface area contributed by atoms with E-state index in [1.54, 1.807) is 0 Å². The van der Waals surface area contributed by atoms with Crippen LogP contribution in [0.3, 0.4) is 0 Å². The molecule has 1 saturated heterocycles. The van der Waals surface area contributed by atoms with Gasteiger partial charge in [-0.3, -0.25) is 0 Å². The Bertz CT molecular complexity index is 406. The molecule has 0 unspecified atom stereocenters. The van der Waals surface area contributed by atoms with Crippen molar-refractivity contribution in [1.29, 1.82) is 0 Å². The molecule has 0 N–H and O–H groups in total. The highest BCUT2D eigenvalue weighted by Gasteiger charge is 2.24. The van der Waals surface area contributed by atoms with Gasteiger partial charge in [-0.1, -0.05) is 6.92 Å². The van der Waals surface area contributed by atoms with E-state index in [0.29, 0.717) is 12.5 Å². The van der Waals surface area contributed by atoms with E-state index in [1.165, 1.54) is 43.4 Å². The van der Waals surface area contributed by atoms with Gasteiger partial charge in [-0.15, -0.1) is 0 Å². The van der Waals surface area contributed by atoms with Crippen molar-refractivity contribution in [2.24, 2.45) is 0 Å². The zero-order chi connectivity index (χ0) is 14.4. The molecule has 1 heterocycles. The standard InChI is InChI=1S/C8H18N.C2H6NO4S2/c1-3-6-9(2)7-4-5-8-9;1-8(4,5)3-9(2,6)7/h3-8H2,1-2H3;1-2H3/q+1;-1. The maximum Gasteiger partial charge on any atom is 0.0801 e. The molecule has 0 aromatic carbocycles. The van der Waals surface area contributed by atoms with Crippen LogP contribution in [0.2, 0.25) is 0 Å². The van der Waals surface area contributed by atoms with Crippen molar-refractivity contribution in [2.45, 2.75) is 26.2 Å². The van der Waals surface area contributed by atoms with Crippen LogP contribution in [-0.4, -0.2) is 60.5 Å². The molecule has 0 bridgehead atoms. The average Bonchev–Trinajstić information content (AvgIpc) is 2.46. The van der Waals surface area contributed by atoms with Gasteiger partial charge in [-0.25, -0.2) is 16.8 Å². The topological polar surface area (TPSA) is 82.4 Å². The van der Waals surface area contributed by atoms with Crippen molar-refractivity contribution < 1.29 is 21.3 Å². The predicted octanol–water partition coefficient (Wildman–Crippen LogP) is 0.916. The lowest BCUT2D eigenvalue weighted by Gasteiger charge is -2.28. The summed E-state index contributed by atoms with van der Waals surface area (Å²) in [5, 5.41) is 0. The van der Waals surface area contributed by atoms with Crippen LogP contribution in [0.5, 0.6) is 0 Å². The molecule has 110 valence electrons. The van der Waals surface area contributed by atoms with Gasteiger partial charge < -0.3 is 8.61 Å². The summed E-state index contributed by atoms with van der Waals surface area (Å²) in [6.45, 7) is 6.52. The lowest BCUT2D eigenvalue weighted by molar-refractivity contribution is -0.897. The van der Waals surface area contributed by atoms with Crippen LogP contribution < -0.4 is 0 Å². The second-order valence-electron chi connectivity index (χ2n) is 5.04. The normalized spacial score (nSPS) is 19.1. The number of quaternary nitrogens is 1. The predicted molar refractivity (Wildman–Crippen MR) is 73.4 cm³/mol. The molecule has 0 amide bonds. The van der Waals surface area contributed by atoms with Crippen molar-refractivity contribution in [1.82, 2.24) is 0 Å². The van der Waals surface area contributed by atoms with E-state index < -0.39 is 20.0 Å². The molecule has 1 aliphatic rings. The molecule has 0 radical (unpaired) electrons. The molecule has 0 spiro atoms. The molecule has 0 saturated carbocycles. The molecule has 0 atom stereocenters. The zero-order valence-electron chi connectivity index (χ0n) is 11.6. The monoisotopic (exact) mass is 300 g/mol. The summed E-state index contributed by atoms with van der Waals surface area (Å²) in [6.07, 6.45) is 5.69. The van der Waals surface area contributed by atoms with Crippen LogP contribution in [0.4, 0.5) is 0 Å². The highest BCUT2D eigenvalue weighted by atomic mass is 32.3. The fourth-order valence-electron chi connectivity index (χ4n) is 2.11. The molecule has 1 aliphatic heterocycles. The van der Waals surface area contributed by atoms with E-state index in [9.17, 15) is 16.8 Å². The fraction of sp³-hybridized carbons (Fsp3) is 1.00. The van der Waals surface area contributed by atoms with E-state index in [1.807, 2.05) is 0 Å². The minimum Gasteiger partial charge on any atom is -0.437 e. The van der Waals surface area contributed by atoms with Gasteiger partial charge in [0.05, 0.1) is 46.7 Å². The molecular weight excluding hydrogens is 276 g/mol. The third kappa shape index (κ3) is 9.81. The first-order valence-corrected chi connectivity index (χ1v) is 9.65. The zero-order valence-corrected chi connectivity index (χ0v) is 13.2. The minimum atomic E-state index is -3.74. The lowest BCUT2D eigenvalue weighted by atomic mass is 10.4. The Hall–Kier alpha value is -0.180. The molecular formula is C10H24N2O4S2. The largest absolute Gasteiger partial charge is 0.437 e. The first kappa shape index (κ1) is 17.8. The average molecular weight is 300 g/mol. The Kier molecular flexibility index (Phi) is 6.77. The number of sulfonamides is 2. The Labute approximate surface area is 111 Å². The van der Waals surface area contributed by atoms with Gasteiger partial charge in [-0.05, 0) is 6.42 Å². The first-order chi connectivity index (χ1) is 7.97. The Morgan fingerprint density at radius 2 is 1.39 bits per heavy atom. The summed E-state index contributed by atoms with van der Waals surface area (Å²) in [5.41, 5.74) is 0. The Balaban J connectivity index is 0.000000321. The Morgan fingerprint density at radius 1 is 1.00 bits per heavy atom. The highest BCUT2D eigenvalue weighted by Crippen LogP contribution is 2.15. The summed E-state index contributed by atoms with van der Waals surface area (Å²) >= 11 is 0. The van der Waals surface area contributed by atoms with Crippen LogP contribution in [-0.2, 0) is 20.0 Å². The summed E-state index contributed by atoms with van der Waals surface area (Å²) in [6, 6.07) is 0. The maximum atomic E-state index is 10.1. The van der Waals surface area contributed by atoms with Gasteiger partial charge in [0.2, 0.25) is 0 Å². The van der Waals surface area contributed by atoms with E-state index in [-0.39, 0.29) is 0 Å². The molecule has 8 heteroatoms. The van der Waals surface area contributed by atoms with Crippen molar-refractivity contribution in [3.8, 4) is 0 Å². The maximum absolute atomic E-state index is 10.1. The number of hydrogen-bond donors (Lipinski definition) is 0. The van der Waals surface area contributed by atoms with Crippen LogP contribution in [0.15, 0.2) is 0 Å². The molecule has 0 aliphatic carbocycles. The van der Waals surface area contributed by atoms with Crippen molar-refractivity contribution in [3.05, 3.63) is 4.13 Å². The lowest BCUT2D eigenvalue weighted by Crippen LogP contribution is -2.41. The van der Waals surface area contributed by atoms with Gasteiger partial charge in [0.15, 0.2) is 0 Å². The SMILES string of the molecule is CCC[N+]1(C)CCCC1.CS(=O)(=O)[N-]S(C)(=O)=O. The number of nitrogens with zero attached hydrogens (tertiary/aromatic N) is 2. The van der Waals surface area contributed by atoms with Crippen molar-refractivity contribution >= 4 is 20.0 Å². The third-order valence-corrected chi connectivity index (χ3v) is 4.85. The van der Waals surface area contributed by atoms with Crippen LogP contribution in [0.1, 0.15) is 26.2 Å². The van der Waals surface area contributed by atoms with Crippen molar-refractivity contribution in [2.75, 3.05) is 39.2 Å². The fourth-order valence-corrected chi connectivity index (χ4v) is 4.08. The number of hydrogen-bond acceptors (Lipinski definition) is 4. The van der Waals surface area contributed by atoms with Gasteiger partial charge in [0.1, 0.15) is 0 Å². The molecule has 18 heavy (non-hydrogen) atoms. The van der Waals surface area contributed by atoms with Gasteiger partial charge in [0, 0.05) is 25.4 Å². The van der Waals surface area contributed by atoms with Crippen molar-refractivity contribution in [3.63, 3.8) is 0 Å². The molecule has 0 aromatic heterocycles. The van der Waals surface area contributed by atoms with Crippen LogP contribution in [0.25, 0.3) is 4.13 Å². The van der Waals surface area contributed by atoms with Gasteiger partial charge >= 0.3 is 0 Å². The van der Waals surface area contributed by atoms with Crippen LogP contribution >= 0.6 is 0 Å². The molecule has 6 nitrogen and oxygen atoms in total. The smallest absolute Gasteiger partial charge is 0.0801 e. The quantitative estimate of drug-likeness (QED) is 0.723. The van der Waals surface area contributed by atoms with Gasteiger partial charge in [-0.2, -0.15) is 0 Å². The van der Waals surface area contributed by atoms with E-state index in [2.05, 4.69) is 18.1 Å². The van der Waals surface area contributed by atoms with E-state index in [4.69, 9.17) is 0 Å². The number of rotatable bonds is 4. The molecule has 1 rings (SSSR count). The van der Waals surface area contributed by atoms with Gasteiger partial charge in [0.25, 0.3) is 0 Å². The summed E-state index contributed by atoms with van der Waals surface area (Å²) in [5.74, 6) is 0. The minimum absolute atomic E-state index is 0.716. The first-order valence-electron chi connectivity index (χ1n) is 5.95. The molecule has 1 fully saturated rings. The number of likely N-dealkylation sites (tertiary alicyclic amines) is 1. The van der Waals surface area contributed by atoms with E-state index >= 15 is 0 Å². The highest BCUT2D eigenvalue weighted by molar-refractivity contribution is 8.11. The summed E-state index contributed by atoms with van der Waals surface area (Å²) in [4.78, 5) is 0. The summed E-state index contributed by atoms with van der Waals surface area (Å²) in [7, 11) is -5.10. The Morgan fingerprint density at radius 3 is 1.61 bits per heavy atom. The third-order valence-electron chi connectivity index (χ3n) is 2.68. The molecule has 0 aromatic rings. The van der Waals surface area contributed by atoms with E-state index in [0.717, 1.165) is 0 Å². The second kappa shape index (κ2) is 6.83. The summed E-state index contributed by atoms with van der Waals surface area (Å²) < 4.78 is 44.2. The van der Waals surface area contributed by atoms with Crippen LogP contribution in [0, 0.1) is 0 Å². The second-order valence-corrected chi connectivity index (χ2v) is 8.57.